The largest absolute Gasteiger partial charge is 0.573 e. The van der Waals surface area contributed by atoms with Crippen molar-refractivity contribution in [3.63, 3.8) is 0 Å². The molecule has 0 atom stereocenters. The van der Waals surface area contributed by atoms with E-state index in [1.807, 2.05) is 0 Å². The summed E-state index contributed by atoms with van der Waals surface area (Å²) in [5, 5.41) is 16.6. The molecule has 1 amide bonds. The van der Waals surface area contributed by atoms with Gasteiger partial charge in [-0.15, -0.1) is 13.2 Å². The van der Waals surface area contributed by atoms with E-state index < -0.39 is 28.8 Å². The van der Waals surface area contributed by atoms with Crippen LogP contribution in [0.3, 0.4) is 0 Å². The van der Waals surface area contributed by atoms with Crippen molar-refractivity contribution < 1.29 is 32.4 Å². The molecule has 2 N–H and O–H groups in total. The van der Waals surface area contributed by atoms with Gasteiger partial charge in [0.1, 0.15) is 11.9 Å². The monoisotopic (exact) mass is 534 g/mol. The molecule has 1 saturated heterocycles. The van der Waals surface area contributed by atoms with Gasteiger partial charge in [-0.2, -0.15) is 4.98 Å². The number of likely N-dealkylation sites (tertiary alicyclic amines) is 1. The van der Waals surface area contributed by atoms with E-state index in [-0.39, 0.29) is 30.6 Å². The van der Waals surface area contributed by atoms with Crippen LogP contribution in [0.1, 0.15) is 18.4 Å². The van der Waals surface area contributed by atoms with E-state index in [1.54, 1.807) is 4.90 Å². The zero-order chi connectivity index (χ0) is 24.0. The number of alkyl halides is 3. The molecule has 0 unspecified atom stereocenters. The second kappa shape index (κ2) is 10.5. The lowest BCUT2D eigenvalue weighted by Crippen LogP contribution is -2.30. The van der Waals surface area contributed by atoms with Gasteiger partial charge in [-0.1, -0.05) is 15.9 Å². The molecule has 15 heteroatoms. The molecule has 1 aliphatic heterocycles. The summed E-state index contributed by atoms with van der Waals surface area (Å²) in [6, 6.07) is 3.85. The third-order valence-electron chi connectivity index (χ3n) is 4.45. The number of hydrogen-bond acceptors (Lipinski definition) is 9. The lowest BCUT2D eigenvalue weighted by Gasteiger charge is -2.16. The molecule has 1 fully saturated rings. The molecule has 1 aliphatic rings. The summed E-state index contributed by atoms with van der Waals surface area (Å²) in [5.41, 5.74) is -0.424. The third-order valence-corrected chi connectivity index (χ3v) is 4.94. The molecule has 1 aromatic heterocycles. The first-order valence-electron chi connectivity index (χ1n) is 9.57. The maximum atomic E-state index is 12.7. The Kier molecular flexibility index (Phi) is 7.73. The van der Waals surface area contributed by atoms with Gasteiger partial charge in [-0.3, -0.25) is 10.1 Å². The number of aromatic nitrogens is 2. The third kappa shape index (κ3) is 7.06. The predicted octanol–water partition coefficient (Wildman–Crippen LogP) is 4.26. The number of amides is 1. The predicted molar refractivity (Wildman–Crippen MR) is 113 cm³/mol. The number of nitrogens with zero attached hydrogens (tertiary/aromatic N) is 4. The molecule has 0 aliphatic carbocycles. The first-order chi connectivity index (χ1) is 15.6. The molecule has 33 heavy (non-hydrogen) atoms. The molecule has 3 rings (SSSR count). The number of nitro groups is 1. The Hall–Kier alpha value is -3.36. The van der Waals surface area contributed by atoms with E-state index in [2.05, 4.69) is 41.3 Å². The number of nitrogens with one attached hydrogen (secondary N) is 2. The summed E-state index contributed by atoms with van der Waals surface area (Å²) in [6.07, 6.45) is -2.69. The van der Waals surface area contributed by atoms with Crippen molar-refractivity contribution in [1.29, 1.82) is 0 Å². The van der Waals surface area contributed by atoms with Gasteiger partial charge in [-0.05, 0) is 31.0 Å². The van der Waals surface area contributed by atoms with Gasteiger partial charge in [0.15, 0.2) is 6.73 Å². The zero-order valence-electron chi connectivity index (χ0n) is 16.9. The normalized spacial score (nSPS) is 13.5. The molecule has 0 spiro atoms. The lowest BCUT2D eigenvalue weighted by molar-refractivity contribution is -0.384. The first kappa shape index (κ1) is 24.3. The van der Waals surface area contributed by atoms with Crippen molar-refractivity contribution in [2.45, 2.75) is 25.7 Å². The summed E-state index contributed by atoms with van der Waals surface area (Å²) >= 11 is 3.16. The zero-order valence-corrected chi connectivity index (χ0v) is 18.5. The second-order valence-corrected chi connectivity index (χ2v) is 7.68. The van der Waals surface area contributed by atoms with Crippen molar-refractivity contribution >= 4 is 39.5 Å². The molecule has 0 saturated carbocycles. The minimum atomic E-state index is -4.91. The van der Waals surface area contributed by atoms with Crippen LogP contribution in [0.5, 0.6) is 5.75 Å². The van der Waals surface area contributed by atoms with Crippen molar-refractivity contribution in [2.75, 3.05) is 30.5 Å². The SMILES string of the molecule is O=C(OCNc1ncc([N+](=O)[O-])c(NCc2cc(Br)ccc2OC(F)(F)F)n1)N1CCCC1. The van der Waals surface area contributed by atoms with Crippen molar-refractivity contribution in [3.8, 4) is 5.75 Å². The smallest absolute Gasteiger partial charge is 0.428 e. The first-order valence-corrected chi connectivity index (χ1v) is 10.4. The standard InChI is InChI=1S/C18H18BrF3N6O5/c19-12-3-4-14(33-18(20,21)22)11(7-12)8-23-15-13(28(30)31)9-24-16(26-15)25-10-32-17(29)27-5-1-2-6-27/h3-4,7,9H,1-2,5-6,8,10H2,(H2,23,24,25,26). The van der Waals surface area contributed by atoms with Crippen molar-refractivity contribution in [2.24, 2.45) is 0 Å². The van der Waals surface area contributed by atoms with Gasteiger partial charge in [0, 0.05) is 29.7 Å². The quantitative estimate of drug-likeness (QED) is 0.289. The van der Waals surface area contributed by atoms with E-state index in [4.69, 9.17) is 4.74 Å². The fraction of sp³-hybridized carbons (Fsp3) is 0.389. The van der Waals surface area contributed by atoms with Crippen LogP contribution in [-0.4, -0.2) is 52.1 Å². The highest BCUT2D eigenvalue weighted by Gasteiger charge is 2.32. The molecule has 1 aromatic carbocycles. The maximum absolute atomic E-state index is 12.7. The molecule has 0 radical (unpaired) electrons. The number of rotatable bonds is 8. The Balaban J connectivity index is 1.69. The Morgan fingerprint density at radius 1 is 1.27 bits per heavy atom. The van der Waals surface area contributed by atoms with Crippen LogP contribution < -0.4 is 15.4 Å². The molecule has 2 aromatic rings. The lowest BCUT2D eigenvalue weighted by atomic mass is 10.2. The summed E-state index contributed by atoms with van der Waals surface area (Å²) < 4.78 is 47.6. The van der Waals surface area contributed by atoms with Crippen LogP contribution in [0.25, 0.3) is 0 Å². The highest BCUT2D eigenvalue weighted by molar-refractivity contribution is 9.10. The van der Waals surface area contributed by atoms with Crippen LogP contribution >= 0.6 is 15.9 Å². The minimum Gasteiger partial charge on any atom is -0.428 e. The summed E-state index contributed by atoms with van der Waals surface area (Å²) in [4.78, 5) is 31.8. The summed E-state index contributed by atoms with van der Waals surface area (Å²) in [6.45, 7) is 0.668. The Bertz CT molecular complexity index is 1020. The summed E-state index contributed by atoms with van der Waals surface area (Å²) in [5.74, 6) is -0.804. The number of anilines is 2. The van der Waals surface area contributed by atoms with E-state index in [0.29, 0.717) is 17.6 Å². The highest BCUT2D eigenvalue weighted by Crippen LogP contribution is 2.30. The van der Waals surface area contributed by atoms with Gasteiger partial charge in [0.25, 0.3) is 0 Å². The molecule has 11 nitrogen and oxygen atoms in total. The molecule has 0 bridgehead atoms. The Labute approximate surface area is 193 Å². The fourth-order valence-electron chi connectivity index (χ4n) is 2.97. The Morgan fingerprint density at radius 3 is 2.67 bits per heavy atom. The van der Waals surface area contributed by atoms with E-state index in [1.165, 1.54) is 12.1 Å². The molecular weight excluding hydrogens is 517 g/mol. The number of benzene rings is 1. The number of carbonyl (C=O) groups is 1. The number of halogens is 4. The number of hydrogen-bond donors (Lipinski definition) is 2. The number of carbonyl (C=O) groups excluding carboxylic acids is 1. The second-order valence-electron chi connectivity index (χ2n) is 6.76. The highest BCUT2D eigenvalue weighted by atomic mass is 79.9. The van der Waals surface area contributed by atoms with Crippen LogP contribution in [0.2, 0.25) is 0 Å². The van der Waals surface area contributed by atoms with E-state index in [0.717, 1.165) is 25.1 Å². The van der Waals surface area contributed by atoms with E-state index >= 15 is 0 Å². The van der Waals surface area contributed by atoms with Crippen LogP contribution in [0.4, 0.5) is 35.4 Å². The topological polar surface area (TPSA) is 132 Å². The Morgan fingerprint density at radius 2 is 2.00 bits per heavy atom. The van der Waals surface area contributed by atoms with Gasteiger partial charge < -0.3 is 25.0 Å². The van der Waals surface area contributed by atoms with Crippen molar-refractivity contribution in [1.82, 2.24) is 14.9 Å². The molecule has 178 valence electrons. The average molecular weight is 535 g/mol. The van der Waals surface area contributed by atoms with Crippen LogP contribution in [-0.2, 0) is 11.3 Å². The van der Waals surface area contributed by atoms with Crippen LogP contribution in [0.15, 0.2) is 28.9 Å². The fourth-order valence-corrected chi connectivity index (χ4v) is 3.38. The van der Waals surface area contributed by atoms with Gasteiger partial charge in [-0.25, -0.2) is 9.78 Å². The number of ether oxygens (including phenoxy) is 2. The van der Waals surface area contributed by atoms with Gasteiger partial charge in [0.05, 0.1) is 4.92 Å². The average Bonchev–Trinajstić information content (AvgIpc) is 3.28. The maximum Gasteiger partial charge on any atom is 0.573 e. The van der Waals surface area contributed by atoms with Gasteiger partial charge in [0.2, 0.25) is 11.8 Å². The molecular formula is C18H18BrF3N6O5. The van der Waals surface area contributed by atoms with E-state index in [9.17, 15) is 28.1 Å². The minimum absolute atomic E-state index is 0.0728. The van der Waals surface area contributed by atoms with Gasteiger partial charge >= 0.3 is 18.1 Å². The van der Waals surface area contributed by atoms with Crippen molar-refractivity contribution in [3.05, 3.63) is 44.5 Å². The summed E-state index contributed by atoms with van der Waals surface area (Å²) in [7, 11) is 0. The molecule has 2 heterocycles. The van der Waals surface area contributed by atoms with Crippen LogP contribution in [0, 0.1) is 10.1 Å².